The van der Waals surface area contributed by atoms with E-state index in [1.54, 1.807) is 0 Å². The van der Waals surface area contributed by atoms with Crippen LogP contribution in [0, 0.1) is 5.41 Å². The summed E-state index contributed by atoms with van der Waals surface area (Å²) in [5, 5.41) is 0. The summed E-state index contributed by atoms with van der Waals surface area (Å²) >= 11 is -1.58. The second-order valence-corrected chi connectivity index (χ2v) is 24.9. The molecule has 1 atom stereocenters. The third-order valence-electron chi connectivity index (χ3n) is 2.53. The van der Waals surface area contributed by atoms with Gasteiger partial charge in [0.25, 0.3) is 0 Å². The van der Waals surface area contributed by atoms with Crippen LogP contribution >= 0.6 is 0 Å². The summed E-state index contributed by atoms with van der Waals surface area (Å²) in [7, 11) is 0. The van der Waals surface area contributed by atoms with Gasteiger partial charge in [-0.1, -0.05) is 0 Å². The average Bonchev–Trinajstić information content (AvgIpc) is 2.15. The fourth-order valence-electron chi connectivity index (χ4n) is 1.72. The van der Waals surface area contributed by atoms with Crippen LogP contribution in [0.25, 0.3) is 0 Å². The van der Waals surface area contributed by atoms with E-state index >= 15 is 0 Å². The van der Waals surface area contributed by atoms with Gasteiger partial charge in [0.15, 0.2) is 0 Å². The zero-order valence-electron chi connectivity index (χ0n) is 11.7. The molecule has 0 heterocycles. The van der Waals surface area contributed by atoms with E-state index in [4.69, 9.17) is 0 Å². The fraction of sp³-hybridized carbons (Fsp3) is 0.500. The predicted molar refractivity (Wildman–Crippen MR) is 79.6 cm³/mol. The molecule has 0 N–H and O–H groups in total. The van der Waals surface area contributed by atoms with E-state index in [9.17, 15) is 4.79 Å². The molecule has 17 heavy (non-hydrogen) atoms. The molecule has 0 bridgehead atoms. The summed E-state index contributed by atoms with van der Waals surface area (Å²) < 4.78 is 1.86. The average molecular weight is 310 g/mol. The normalized spacial score (nSPS) is 14.5. The van der Waals surface area contributed by atoms with Crippen molar-refractivity contribution in [1.29, 1.82) is 0 Å². The second kappa shape index (κ2) is 5.11. The fourth-order valence-corrected chi connectivity index (χ4v) is 17.2. The third kappa shape index (κ3) is 3.82. The van der Waals surface area contributed by atoms with Gasteiger partial charge < -0.3 is 0 Å². The van der Waals surface area contributed by atoms with Crippen molar-refractivity contribution >= 4 is 29.5 Å². The van der Waals surface area contributed by atoms with Crippen molar-refractivity contribution in [3.8, 4) is 0 Å². The van der Waals surface area contributed by atoms with Gasteiger partial charge in [0.1, 0.15) is 0 Å². The molecule has 0 fully saturated rings. The van der Waals surface area contributed by atoms with Crippen molar-refractivity contribution in [2.75, 3.05) is 0 Å². The number of carbonyl (C=O) groups is 1. The van der Waals surface area contributed by atoms with Gasteiger partial charge in [-0.3, -0.25) is 0 Å². The molecule has 1 rings (SSSR count). The van der Waals surface area contributed by atoms with Gasteiger partial charge in [-0.25, -0.2) is 0 Å². The van der Waals surface area contributed by atoms with Gasteiger partial charge in [0, 0.05) is 0 Å². The van der Waals surface area contributed by atoms with Crippen molar-refractivity contribution in [3.05, 3.63) is 30.3 Å². The third-order valence-corrected chi connectivity index (χ3v) is 18.7. The van der Waals surface area contributed by atoms with Gasteiger partial charge >= 0.3 is 110 Å². The maximum absolute atomic E-state index is 12.7. The number of hydrogen-bond donors (Lipinski definition) is 0. The molecule has 3 heteroatoms. The van der Waals surface area contributed by atoms with E-state index in [1.165, 1.54) is 4.35 Å². The Morgan fingerprint density at radius 2 is 1.53 bits per heavy atom. The summed E-state index contributed by atoms with van der Waals surface area (Å²) in [5.74, 6) is 0. The molecular formula is C14H23AsOSi. The monoisotopic (exact) mass is 310 g/mol. The van der Waals surface area contributed by atoms with Crippen LogP contribution in [0.3, 0.4) is 0 Å². The molecule has 0 aliphatic rings. The molecule has 0 saturated heterocycles. The van der Waals surface area contributed by atoms with Gasteiger partial charge in [-0.05, 0) is 0 Å². The van der Waals surface area contributed by atoms with Crippen LogP contribution < -0.4 is 4.35 Å². The second-order valence-electron chi connectivity index (χ2n) is 6.40. The maximum atomic E-state index is 12.7. The van der Waals surface area contributed by atoms with Crippen molar-refractivity contribution in [2.45, 2.75) is 40.4 Å². The zero-order chi connectivity index (χ0) is 13.3. The SMILES string of the molecule is CC(C)(C)C(=O)[As](c1ccccc1)[Si](C)(C)C. The number of carbonyl (C=O) groups excluding carboxylic acids is 1. The quantitative estimate of drug-likeness (QED) is 0.785. The van der Waals surface area contributed by atoms with Crippen LogP contribution in [0.4, 0.5) is 0 Å². The first-order valence-electron chi connectivity index (χ1n) is 6.04. The first kappa shape index (κ1) is 14.7. The molecule has 1 aromatic carbocycles. The van der Waals surface area contributed by atoms with E-state index in [-0.39, 0.29) is 5.41 Å². The van der Waals surface area contributed by atoms with E-state index in [1.807, 2.05) is 6.07 Å². The van der Waals surface area contributed by atoms with Crippen molar-refractivity contribution in [2.24, 2.45) is 5.41 Å². The molecule has 1 aromatic rings. The van der Waals surface area contributed by atoms with Gasteiger partial charge in [0.2, 0.25) is 0 Å². The molecule has 0 spiro atoms. The molecule has 0 aliphatic carbocycles. The Morgan fingerprint density at radius 3 is 1.88 bits per heavy atom. The van der Waals surface area contributed by atoms with Crippen LogP contribution in [0.15, 0.2) is 30.3 Å². The Hall–Kier alpha value is -0.335. The molecule has 0 radical (unpaired) electrons. The van der Waals surface area contributed by atoms with Gasteiger partial charge in [-0.2, -0.15) is 0 Å². The summed E-state index contributed by atoms with van der Waals surface area (Å²) in [6.07, 6.45) is 0. The Morgan fingerprint density at radius 1 is 1.06 bits per heavy atom. The molecule has 0 saturated carbocycles. The van der Waals surface area contributed by atoms with E-state index in [2.05, 4.69) is 64.7 Å². The van der Waals surface area contributed by atoms with Crippen molar-refractivity contribution < 1.29 is 4.79 Å². The van der Waals surface area contributed by atoms with Crippen LogP contribution in [0.5, 0.6) is 0 Å². The topological polar surface area (TPSA) is 17.1 Å². The Kier molecular flexibility index (Phi) is 4.43. The number of rotatable bonds is 3. The zero-order valence-corrected chi connectivity index (χ0v) is 14.6. The standard InChI is InChI=1S/C14H23AsOSi/c1-14(2,3)13(16)15(17(4,5)6)12-10-8-7-9-11-12/h7-11H,1-6H3. The number of benzene rings is 1. The first-order chi connectivity index (χ1) is 7.64. The number of hydrogen-bond acceptors (Lipinski definition) is 1. The van der Waals surface area contributed by atoms with E-state index < -0.39 is 20.5 Å². The molecule has 94 valence electrons. The van der Waals surface area contributed by atoms with Crippen molar-refractivity contribution in [3.63, 3.8) is 0 Å². The van der Waals surface area contributed by atoms with Crippen LogP contribution in [0.2, 0.25) is 19.6 Å². The Bertz CT molecular complexity index is 387. The minimum atomic E-state index is -1.58. The summed E-state index contributed by atoms with van der Waals surface area (Å²) in [6.45, 7) is 11.8. The van der Waals surface area contributed by atoms with E-state index in [0.717, 1.165) is 0 Å². The van der Waals surface area contributed by atoms with E-state index in [0.29, 0.717) is 4.57 Å². The molecule has 0 aliphatic heterocycles. The Balaban J connectivity index is 3.20. The van der Waals surface area contributed by atoms with Crippen LogP contribution in [-0.2, 0) is 4.79 Å². The first-order valence-corrected chi connectivity index (χ1v) is 14.2. The van der Waals surface area contributed by atoms with Crippen LogP contribution in [0.1, 0.15) is 20.8 Å². The minimum absolute atomic E-state index is 0.198. The Labute approximate surface area is 110 Å². The summed E-state index contributed by atoms with van der Waals surface area (Å²) in [5.41, 5.74) is -0.198. The molecular weight excluding hydrogens is 287 g/mol. The van der Waals surface area contributed by atoms with Gasteiger partial charge in [0.05, 0.1) is 0 Å². The van der Waals surface area contributed by atoms with Gasteiger partial charge in [-0.15, -0.1) is 0 Å². The molecule has 1 unspecified atom stereocenters. The molecule has 1 nitrogen and oxygen atoms in total. The molecule has 0 amide bonds. The molecule has 0 aromatic heterocycles. The summed E-state index contributed by atoms with van der Waals surface area (Å²) in [6, 6.07) is 10.5. The summed E-state index contributed by atoms with van der Waals surface area (Å²) in [4.78, 5) is 12.7. The van der Waals surface area contributed by atoms with Crippen LogP contribution in [-0.4, -0.2) is 25.1 Å². The van der Waals surface area contributed by atoms with Crippen molar-refractivity contribution in [1.82, 2.24) is 0 Å². The predicted octanol–water partition coefficient (Wildman–Crippen LogP) is 2.96.